The van der Waals surface area contributed by atoms with Crippen LogP contribution >= 0.6 is 82.3 Å². The Bertz CT molecular complexity index is 2090. The van der Waals surface area contributed by atoms with Gasteiger partial charge in [0, 0.05) is 63.5 Å². The van der Waals surface area contributed by atoms with Crippen LogP contribution in [0, 0.1) is 5.41 Å². The fraction of sp³-hybridized carbons (Fsp3) is 0.655. The highest BCUT2D eigenvalue weighted by Gasteiger charge is 2.50. The largest absolute Gasteiger partial charge is 0.481 e. The Kier molecular flexibility index (Phi) is 18.1. The molecule has 5 heterocycles. The predicted octanol–water partition coefficient (Wildman–Crippen LogP) is 1.16. The molecule has 32 heteroatoms. The van der Waals surface area contributed by atoms with Crippen LogP contribution in [0.25, 0.3) is 11.2 Å². The molecule has 0 aliphatic carbocycles. The molecule has 0 radical (unpaired) electrons. The zero-order valence-corrected chi connectivity index (χ0v) is 38.9. The molecule has 5 rings (SSSR count). The molecule has 61 heavy (non-hydrogen) atoms. The van der Waals surface area contributed by atoms with E-state index in [0.29, 0.717) is 5.75 Å². The lowest BCUT2D eigenvalue weighted by Crippen LogP contribution is -2.46. The lowest BCUT2D eigenvalue weighted by Gasteiger charge is -2.30. The summed E-state index contributed by atoms with van der Waals surface area (Å²) in [6.07, 6.45) is -6.91. The van der Waals surface area contributed by atoms with Gasteiger partial charge in [-0.1, -0.05) is 25.6 Å². The number of rotatable bonds is 21. The number of aromatic nitrogens is 4. The topological polar surface area (TPSA) is 364 Å². The number of carbonyl (C=O) groups is 3. The second-order valence-corrected chi connectivity index (χ2v) is 24.2. The van der Waals surface area contributed by atoms with E-state index in [1.165, 1.54) is 13.8 Å². The number of hydrogen-bond acceptors (Lipinski definition) is 22. The van der Waals surface area contributed by atoms with Crippen LogP contribution in [0.4, 0.5) is 5.82 Å². The van der Waals surface area contributed by atoms with Crippen LogP contribution < -0.4 is 16.4 Å². The summed E-state index contributed by atoms with van der Waals surface area (Å²) < 4.78 is 63.6. The molecular weight excluding hydrogens is 972 g/mol. The fourth-order valence-corrected chi connectivity index (χ4v) is 15.3. The van der Waals surface area contributed by atoms with E-state index < -0.39 is 84.6 Å². The highest BCUT2D eigenvalue weighted by Crippen LogP contribution is 2.61. The number of hydrogen-bond donors (Lipinski definition) is 9. The normalized spacial score (nSPS) is 23.8. The molecule has 3 fully saturated rings. The van der Waals surface area contributed by atoms with Crippen LogP contribution in [0.15, 0.2) is 22.5 Å². The van der Waals surface area contributed by atoms with Crippen LogP contribution in [0.1, 0.15) is 26.5 Å². The van der Waals surface area contributed by atoms with Gasteiger partial charge in [0.25, 0.3) is 0 Å². The summed E-state index contributed by atoms with van der Waals surface area (Å²) in [5, 5.41) is 26.6. The van der Waals surface area contributed by atoms with E-state index in [-0.39, 0.29) is 46.2 Å². The Morgan fingerprint density at radius 1 is 1.02 bits per heavy atom. The minimum Gasteiger partial charge on any atom is -0.386 e. The van der Waals surface area contributed by atoms with E-state index in [1.807, 2.05) is 0 Å². The summed E-state index contributed by atoms with van der Waals surface area (Å²) in [5.74, 6) is 2.82. The quantitative estimate of drug-likeness (QED) is 0.0481. The number of carbonyl (C=O) groups excluding carboxylic acids is 3. The summed E-state index contributed by atoms with van der Waals surface area (Å²) in [5.41, 5.74) is 5.11. The van der Waals surface area contributed by atoms with Gasteiger partial charge in [0.05, 0.1) is 24.1 Å². The monoisotopic (exact) mass is 1020 g/mol. The van der Waals surface area contributed by atoms with Crippen LogP contribution in [-0.4, -0.2) is 150 Å². The van der Waals surface area contributed by atoms with Gasteiger partial charge in [-0.2, -0.15) is 4.31 Å². The number of aliphatic hydroxyl groups excluding tert-OH is 2. The number of amides is 2. The molecule has 0 bridgehead atoms. The number of nitrogens with two attached hydrogens (primary N) is 1. The first-order chi connectivity index (χ1) is 28.6. The number of fused-ring (bicyclic) bond motifs is 1. The number of phosphoric acid groups is 3. The second kappa shape index (κ2) is 21.8. The van der Waals surface area contributed by atoms with Crippen molar-refractivity contribution in [3.8, 4) is 0 Å². The third-order valence-corrected chi connectivity index (χ3v) is 18.3. The molecular formula is C29H44N7O17P3S5. The molecule has 3 saturated heterocycles. The van der Waals surface area contributed by atoms with Crippen molar-refractivity contribution in [3.05, 3.63) is 22.5 Å². The molecule has 342 valence electrons. The maximum atomic E-state index is 13.1. The average molecular weight is 1020 g/mol. The number of nitrogens with one attached hydrogen (secondary N) is 2. The third kappa shape index (κ3) is 14.3. The van der Waals surface area contributed by atoms with Crippen molar-refractivity contribution in [2.45, 2.75) is 55.5 Å². The van der Waals surface area contributed by atoms with E-state index in [1.54, 1.807) is 47.0 Å². The average Bonchev–Trinajstić information content (AvgIpc) is 4.01. The minimum atomic E-state index is -5.58. The molecule has 3 aliphatic rings. The Morgan fingerprint density at radius 2 is 1.69 bits per heavy atom. The zero-order valence-electron chi connectivity index (χ0n) is 32.1. The highest BCUT2D eigenvalue weighted by molar-refractivity contribution is 8.26. The number of thioether (sulfide) groups is 5. The summed E-state index contributed by atoms with van der Waals surface area (Å²) in [7, 11) is -16.4. The molecule has 10 N–H and O–H groups in total. The smallest absolute Gasteiger partial charge is 0.386 e. The van der Waals surface area contributed by atoms with Gasteiger partial charge in [-0.15, -0.1) is 47.0 Å². The SMILES string of the molecule is CC(C)(COP(=O)(O)OP(=O)(O)OC[C@H]1O[C@@H](n2cnc3c(N)ncnc32)[C@H](O)[C@@H]1OP(=O)(O)O)[C@@H](O)C(=O)NCCC(=O)NCCSC(=O)C(=C1SCCS1)C1SCCS1. The fourth-order valence-electron chi connectivity index (χ4n) is 5.62. The summed E-state index contributed by atoms with van der Waals surface area (Å²) >= 11 is 8.06. The predicted molar refractivity (Wildman–Crippen MR) is 228 cm³/mol. The van der Waals surface area contributed by atoms with E-state index in [2.05, 4.69) is 34.4 Å². The standard InChI is InChI=1S/C29H44N7O17P3S5/c1-29(2,21(39)24(40)32-4-3-16(37)31-5-6-57-26(41)17(27-58-7-8-59-27)28-60-9-10-61-28)12-50-56(47,48)53-55(45,46)49-11-15-20(52-54(42,43)44)19(38)25(51-15)36-14-35-18-22(30)33-13-34-23(18)36/h13-15,19-21,25,27,38-39H,3-12H2,1-2H3,(H,31,37)(H,32,40)(H,45,46)(H,47,48)(H2,30,33,34)(H2,42,43,44)/t15-,19-,20-,21+,25-/m1/s1. The molecule has 24 nitrogen and oxygen atoms in total. The number of anilines is 1. The van der Waals surface area contributed by atoms with Crippen LogP contribution in [0.3, 0.4) is 0 Å². The maximum Gasteiger partial charge on any atom is 0.481 e. The molecule has 3 aliphatic heterocycles. The maximum absolute atomic E-state index is 13.1. The van der Waals surface area contributed by atoms with E-state index in [0.717, 1.165) is 61.8 Å². The number of phosphoric ester groups is 3. The minimum absolute atomic E-state index is 0.00465. The van der Waals surface area contributed by atoms with Crippen molar-refractivity contribution in [3.63, 3.8) is 0 Å². The molecule has 0 saturated carbocycles. The zero-order chi connectivity index (χ0) is 44.8. The first-order valence-corrected chi connectivity index (χ1v) is 27.4. The van der Waals surface area contributed by atoms with Crippen LogP contribution in [0.2, 0.25) is 0 Å². The highest BCUT2D eigenvalue weighted by atomic mass is 32.2. The van der Waals surface area contributed by atoms with Crippen molar-refractivity contribution in [2.75, 3.05) is 60.8 Å². The molecule has 2 amide bonds. The van der Waals surface area contributed by atoms with Gasteiger partial charge in [-0.3, -0.25) is 32.5 Å². The first-order valence-electron chi connectivity index (χ1n) is 17.9. The first kappa shape index (κ1) is 50.7. The molecule has 7 atom stereocenters. The Hall–Kier alpha value is -1.30. The Balaban J connectivity index is 1.04. The number of aliphatic hydroxyl groups is 2. The van der Waals surface area contributed by atoms with Gasteiger partial charge in [0.15, 0.2) is 17.7 Å². The summed E-state index contributed by atoms with van der Waals surface area (Å²) in [6, 6.07) is 0. The van der Waals surface area contributed by atoms with Gasteiger partial charge < -0.3 is 50.9 Å². The lowest BCUT2D eigenvalue weighted by molar-refractivity contribution is -0.137. The van der Waals surface area contributed by atoms with Gasteiger partial charge in [0.2, 0.25) is 16.9 Å². The van der Waals surface area contributed by atoms with Gasteiger partial charge in [0.1, 0.15) is 36.3 Å². The summed E-state index contributed by atoms with van der Waals surface area (Å²) in [4.78, 5) is 89.3. The summed E-state index contributed by atoms with van der Waals surface area (Å²) in [6.45, 7) is 0.523. The molecule has 0 spiro atoms. The number of nitrogens with zero attached hydrogens (tertiary/aromatic N) is 4. The Morgan fingerprint density at radius 3 is 2.36 bits per heavy atom. The van der Waals surface area contributed by atoms with E-state index in [9.17, 15) is 57.9 Å². The van der Waals surface area contributed by atoms with Crippen LogP contribution in [0.5, 0.6) is 0 Å². The Labute approximate surface area is 369 Å². The lowest BCUT2D eigenvalue weighted by atomic mass is 9.87. The van der Waals surface area contributed by atoms with Crippen LogP contribution in [-0.2, 0) is 50.7 Å². The van der Waals surface area contributed by atoms with Crippen molar-refractivity contribution < 1.29 is 80.5 Å². The molecule has 2 aromatic rings. The molecule has 2 aromatic heterocycles. The second-order valence-electron chi connectivity index (χ2n) is 13.7. The number of imidazole rings is 1. The van der Waals surface area contributed by atoms with Gasteiger partial charge in [-0.25, -0.2) is 28.6 Å². The van der Waals surface area contributed by atoms with E-state index >= 15 is 0 Å². The third-order valence-electron chi connectivity index (χ3n) is 8.58. The molecule has 0 aromatic carbocycles. The van der Waals surface area contributed by atoms with Crippen molar-refractivity contribution >= 4 is 116 Å². The number of nitrogen functional groups attached to an aromatic ring is 1. The van der Waals surface area contributed by atoms with Gasteiger partial charge >= 0.3 is 23.5 Å². The van der Waals surface area contributed by atoms with Crippen molar-refractivity contribution in [2.24, 2.45) is 5.41 Å². The number of ether oxygens (including phenoxy) is 1. The molecule has 2 unspecified atom stereocenters. The van der Waals surface area contributed by atoms with Crippen molar-refractivity contribution in [1.29, 1.82) is 0 Å². The van der Waals surface area contributed by atoms with E-state index in [4.69, 9.17) is 19.5 Å². The van der Waals surface area contributed by atoms with Crippen molar-refractivity contribution in [1.82, 2.24) is 30.2 Å². The van der Waals surface area contributed by atoms with Gasteiger partial charge in [-0.05, 0) is 0 Å².